The summed E-state index contributed by atoms with van der Waals surface area (Å²) in [7, 11) is 0. The number of alkyl carbamates (subject to hydrolysis) is 1. The van der Waals surface area contributed by atoms with Crippen molar-refractivity contribution in [1.29, 1.82) is 0 Å². The molecule has 0 saturated heterocycles. The molecule has 10 heteroatoms. The Morgan fingerprint density at radius 3 is 2.29 bits per heavy atom. The highest BCUT2D eigenvalue weighted by molar-refractivity contribution is 5.87. The van der Waals surface area contributed by atoms with Gasteiger partial charge in [0, 0.05) is 12.8 Å². The lowest BCUT2D eigenvalue weighted by Gasteiger charge is -2.25. The molecule has 2 atom stereocenters. The third kappa shape index (κ3) is 8.38. The molecular formula is C31H34N4O6. The predicted molar refractivity (Wildman–Crippen MR) is 152 cm³/mol. The Morgan fingerprint density at radius 1 is 0.878 bits per heavy atom. The molecule has 0 saturated carbocycles. The first-order valence-electron chi connectivity index (χ1n) is 13.4. The second-order valence-corrected chi connectivity index (χ2v) is 10.5. The van der Waals surface area contributed by atoms with E-state index in [9.17, 15) is 14.4 Å². The van der Waals surface area contributed by atoms with Gasteiger partial charge in [-0.2, -0.15) is 4.98 Å². The molecule has 10 nitrogen and oxygen atoms in total. The maximum absolute atomic E-state index is 13.8. The Labute approximate surface area is 238 Å². The first-order valence-corrected chi connectivity index (χ1v) is 13.4. The van der Waals surface area contributed by atoms with Gasteiger partial charge in [0.1, 0.15) is 17.7 Å². The van der Waals surface area contributed by atoms with Crippen LogP contribution in [0.15, 0.2) is 77.3 Å². The number of benzene rings is 3. The summed E-state index contributed by atoms with van der Waals surface area (Å²) >= 11 is 0. The van der Waals surface area contributed by atoms with Gasteiger partial charge in [0.25, 0.3) is 5.82 Å². The first-order chi connectivity index (χ1) is 19.6. The number of nitrogens with one attached hydrogen (secondary N) is 2. The van der Waals surface area contributed by atoms with Crippen LogP contribution in [0.4, 0.5) is 4.79 Å². The molecule has 41 heavy (non-hydrogen) atoms. The molecule has 2 N–H and O–H groups in total. The molecule has 0 spiro atoms. The van der Waals surface area contributed by atoms with Crippen molar-refractivity contribution in [3.63, 3.8) is 0 Å². The van der Waals surface area contributed by atoms with E-state index >= 15 is 0 Å². The number of carbonyl (C=O) groups excluding carboxylic acids is 3. The molecule has 4 rings (SSSR count). The zero-order valence-electron chi connectivity index (χ0n) is 23.5. The zero-order chi connectivity index (χ0) is 29.4. The number of aromatic nitrogens is 2. The van der Waals surface area contributed by atoms with E-state index in [1.54, 1.807) is 27.7 Å². The highest BCUT2D eigenvalue weighted by Crippen LogP contribution is 2.20. The number of hydrogen-bond donors (Lipinski definition) is 2. The van der Waals surface area contributed by atoms with Crippen LogP contribution in [0.25, 0.3) is 10.8 Å². The minimum Gasteiger partial charge on any atom is -0.460 e. The summed E-state index contributed by atoms with van der Waals surface area (Å²) in [5.41, 5.74) is 0.985. The molecule has 4 aromatic rings. The monoisotopic (exact) mass is 558 g/mol. The number of hydrogen-bond acceptors (Lipinski definition) is 8. The molecule has 0 aliphatic carbocycles. The molecule has 0 bridgehead atoms. The van der Waals surface area contributed by atoms with Crippen molar-refractivity contribution in [2.45, 2.75) is 58.2 Å². The summed E-state index contributed by atoms with van der Waals surface area (Å²) in [5, 5.41) is 11.5. The third-order valence-electron chi connectivity index (χ3n) is 6.06. The molecule has 0 fully saturated rings. The van der Waals surface area contributed by atoms with Crippen LogP contribution in [0.5, 0.6) is 0 Å². The highest BCUT2D eigenvalue weighted by atomic mass is 16.6. The molecule has 2 amide bonds. The fourth-order valence-electron chi connectivity index (χ4n) is 4.24. The van der Waals surface area contributed by atoms with Crippen LogP contribution in [-0.2, 0) is 27.1 Å². The van der Waals surface area contributed by atoms with E-state index in [-0.39, 0.29) is 24.7 Å². The summed E-state index contributed by atoms with van der Waals surface area (Å²) in [6.45, 7) is 7.07. The zero-order valence-corrected chi connectivity index (χ0v) is 23.5. The predicted octanol–water partition coefficient (Wildman–Crippen LogP) is 4.94. The van der Waals surface area contributed by atoms with Gasteiger partial charge in [0.05, 0.1) is 6.61 Å². The van der Waals surface area contributed by atoms with Gasteiger partial charge in [-0.15, -0.1) is 0 Å². The van der Waals surface area contributed by atoms with Crippen molar-refractivity contribution in [1.82, 2.24) is 20.8 Å². The fourth-order valence-corrected chi connectivity index (χ4v) is 4.24. The van der Waals surface area contributed by atoms with Crippen LogP contribution in [-0.4, -0.2) is 46.4 Å². The van der Waals surface area contributed by atoms with Crippen LogP contribution < -0.4 is 10.6 Å². The third-order valence-corrected chi connectivity index (χ3v) is 6.06. The van der Waals surface area contributed by atoms with Gasteiger partial charge in [0.2, 0.25) is 11.8 Å². The number of amides is 2. The van der Waals surface area contributed by atoms with Gasteiger partial charge in [-0.1, -0.05) is 72.8 Å². The Balaban J connectivity index is 1.61. The van der Waals surface area contributed by atoms with Gasteiger partial charge in [-0.05, 0) is 54.8 Å². The van der Waals surface area contributed by atoms with E-state index in [4.69, 9.17) is 14.0 Å². The number of carbonyl (C=O) groups is 3. The lowest BCUT2D eigenvalue weighted by atomic mass is 10.0. The van der Waals surface area contributed by atoms with E-state index in [0.717, 1.165) is 21.9 Å². The molecular weight excluding hydrogens is 524 g/mol. The smallest absolute Gasteiger partial charge is 0.408 e. The van der Waals surface area contributed by atoms with E-state index in [1.807, 2.05) is 72.8 Å². The van der Waals surface area contributed by atoms with Crippen LogP contribution in [0.1, 0.15) is 61.4 Å². The number of nitrogens with zero attached hydrogens (tertiary/aromatic N) is 2. The average Bonchev–Trinajstić information content (AvgIpc) is 3.43. The first kappa shape index (κ1) is 29.3. The minimum absolute atomic E-state index is 0.0342. The SMILES string of the molecule is CCOC(=O)c1noc([C@@H](Cc2ccccc2)NC(=O)[C@@H](Cc2ccc3ccccc3c2)NC(=O)OC(C)(C)C)n1. The summed E-state index contributed by atoms with van der Waals surface area (Å²) in [5.74, 6) is -1.42. The Hall–Kier alpha value is -4.73. The van der Waals surface area contributed by atoms with Crippen LogP contribution in [0.3, 0.4) is 0 Å². The Kier molecular flexibility index (Phi) is 9.34. The number of ether oxygens (including phenoxy) is 2. The molecule has 0 aliphatic heterocycles. The highest BCUT2D eigenvalue weighted by Gasteiger charge is 2.30. The molecule has 0 aliphatic rings. The summed E-state index contributed by atoms with van der Waals surface area (Å²) in [6, 6.07) is 21.4. The van der Waals surface area contributed by atoms with Crippen molar-refractivity contribution < 1.29 is 28.4 Å². The molecule has 3 aromatic carbocycles. The van der Waals surface area contributed by atoms with E-state index in [2.05, 4.69) is 20.8 Å². The Bertz CT molecular complexity index is 1500. The molecule has 1 aromatic heterocycles. The summed E-state index contributed by atoms with van der Waals surface area (Å²) < 4.78 is 15.8. The maximum atomic E-state index is 13.8. The van der Waals surface area contributed by atoms with E-state index in [1.165, 1.54) is 0 Å². The standard InChI is InChI=1S/C31H34N4O6/c1-5-39-29(37)26-34-28(41-35-26)25(18-20-11-7-6-8-12-20)32-27(36)24(33-30(38)40-31(2,3)4)19-21-15-16-22-13-9-10-14-23(22)17-21/h6-17,24-25H,5,18-19H2,1-4H3,(H,32,36)(H,33,38)/t24-,25-/m1/s1. The fraction of sp³-hybridized carbons (Fsp3) is 0.323. The molecule has 1 heterocycles. The normalized spacial score (nSPS) is 12.8. The Morgan fingerprint density at radius 2 is 1.59 bits per heavy atom. The lowest BCUT2D eigenvalue weighted by molar-refractivity contribution is -0.124. The minimum atomic E-state index is -0.989. The van der Waals surface area contributed by atoms with Crippen LogP contribution in [0.2, 0.25) is 0 Å². The van der Waals surface area contributed by atoms with E-state index < -0.39 is 35.7 Å². The second-order valence-electron chi connectivity index (χ2n) is 10.5. The van der Waals surface area contributed by atoms with Gasteiger partial charge >= 0.3 is 12.1 Å². The van der Waals surface area contributed by atoms with Crippen molar-refractivity contribution in [3.8, 4) is 0 Å². The summed E-state index contributed by atoms with van der Waals surface area (Å²) in [4.78, 5) is 42.9. The van der Waals surface area contributed by atoms with Gasteiger partial charge < -0.3 is 24.6 Å². The van der Waals surface area contributed by atoms with Crippen LogP contribution in [0, 0.1) is 0 Å². The van der Waals surface area contributed by atoms with Crippen LogP contribution >= 0.6 is 0 Å². The largest absolute Gasteiger partial charge is 0.460 e. The molecule has 0 radical (unpaired) electrons. The lowest BCUT2D eigenvalue weighted by Crippen LogP contribution is -2.50. The average molecular weight is 559 g/mol. The van der Waals surface area contributed by atoms with Crippen molar-refractivity contribution in [2.75, 3.05) is 6.61 Å². The van der Waals surface area contributed by atoms with Gasteiger partial charge in [0.15, 0.2) is 0 Å². The van der Waals surface area contributed by atoms with Crippen molar-refractivity contribution >= 4 is 28.7 Å². The van der Waals surface area contributed by atoms with Crippen molar-refractivity contribution in [3.05, 3.63) is 95.6 Å². The quantitative estimate of drug-likeness (QED) is 0.262. The number of fused-ring (bicyclic) bond motifs is 1. The number of rotatable bonds is 10. The summed E-state index contributed by atoms with van der Waals surface area (Å²) in [6.07, 6.45) is -0.224. The van der Waals surface area contributed by atoms with Crippen molar-refractivity contribution in [2.24, 2.45) is 0 Å². The van der Waals surface area contributed by atoms with E-state index in [0.29, 0.717) is 6.42 Å². The topological polar surface area (TPSA) is 133 Å². The number of esters is 1. The molecule has 214 valence electrons. The molecule has 0 unspecified atom stereocenters. The second kappa shape index (κ2) is 13.1. The van der Waals surface area contributed by atoms with Gasteiger partial charge in [-0.3, -0.25) is 4.79 Å². The van der Waals surface area contributed by atoms with Gasteiger partial charge in [-0.25, -0.2) is 9.59 Å². The maximum Gasteiger partial charge on any atom is 0.408 e.